The third-order valence-electron chi connectivity index (χ3n) is 3.63. The molecule has 0 N–H and O–H groups in total. The second kappa shape index (κ2) is 5.85. The Morgan fingerprint density at radius 1 is 1.39 bits per heavy atom. The van der Waals surface area contributed by atoms with Gasteiger partial charge in [-0.3, -0.25) is 4.79 Å². The number of amides is 1. The van der Waals surface area contributed by atoms with Gasteiger partial charge in [0.15, 0.2) is 0 Å². The van der Waals surface area contributed by atoms with Crippen LogP contribution in [0.15, 0.2) is 35.9 Å². The van der Waals surface area contributed by atoms with Crippen molar-refractivity contribution in [2.24, 2.45) is 0 Å². The number of benzene rings is 1. The van der Waals surface area contributed by atoms with Gasteiger partial charge in [0, 0.05) is 18.2 Å². The SMILES string of the molecule is CCC1CCCN1C(=O)/C(C)=C/c1ccccc1. The number of rotatable bonds is 3. The van der Waals surface area contributed by atoms with Crippen LogP contribution in [-0.2, 0) is 4.79 Å². The van der Waals surface area contributed by atoms with Crippen LogP contribution in [0, 0.1) is 0 Å². The molecule has 1 atom stereocenters. The lowest BCUT2D eigenvalue weighted by molar-refractivity contribution is -0.127. The van der Waals surface area contributed by atoms with Gasteiger partial charge in [-0.25, -0.2) is 0 Å². The van der Waals surface area contributed by atoms with E-state index >= 15 is 0 Å². The minimum absolute atomic E-state index is 0.197. The molecular formula is C16H21NO. The first-order chi connectivity index (χ1) is 8.72. The van der Waals surface area contributed by atoms with E-state index in [0.29, 0.717) is 6.04 Å². The van der Waals surface area contributed by atoms with Crippen molar-refractivity contribution in [1.29, 1.82) is 0 Å². The Morgan fingerprint density at radius 2 is 2.11 bits per heavy atom. The standard InChI is InChI=1S/C16H21NO/c1-3-15-10-7-11-17(15)16(18)13(2)12-14-8-5-4-6-9-14/h4-6,8-9,12,15H,3,7,10-11H2,1-2H3/b13-12+. The maximum atomic E-state index is 12.4. The Balaban J connectivity index is 2.11. The van der Waals surface area contributed by atoms with Gasteiger partial charge < -0.3 is 4.90 Å². The molecule has 0 bridgehead atoms. The molecule has 1 unspecified atom stereocenters. The van der Waals surface area contributed by atoms with E-state index < -0.39 is 0 Å². The van der Waals surface area contributed by atoms with Crippen molar-refractivity contribution < 1.29 is 4.79 Å². The summed E-state index contributed by atoms with van der Waals surface area (Å²) in [6.07, 6.45) is 5.33. The molecule has 96 valence electrons. The summed E-state index contributed by atoms with van der Waals surface area (Å²) in [5, 5.41) is 0. The monoisotopic (exact) mass is 243 g/mol. The minimum atomic E-state index is 0.197. The lowest BCUT2D eigenvalue weighted by Crippen LogP contribution is -2.35. The largest absolute Gasteiger partial charge is 0.336 e. The van der Waals surface area contributed by atoms with Crippen LogP contribution in [0.25, 0.3) is 6.08 Å². The molecule has 2 heteroatoms. The molecule has 1 aliphatic rings. The molecular weight excluding hydrogens is 222 g/mol. The van der Waals surface area contributed by atoms with Crippen molar-refractivity contribution in [2.45, 2.75) is 39.2 Å². The summed E-state index contributed by atoms with van der Waals surface area (Å²) in [4.78, 5) is 14.4. The van der Waals surface area contributed by atoms with Crippen LogP contribution in [0.3, 0.4) is 0 Å². The van der Waals surface area contributed by atoms with Crippen LogP contribution in [-0.4, -0.2) is 23.4 Å². The van der Waals surface area contributed by atoms with Crippen molar-refractivity contribution in [3.8, 4) is 0 Å². The number of likely N-dealkylation sites (tertiary alicyclic amines) is 1. The molecule has 1 amide bonds. The average Bonchev–Trinajstić information content (AvgIpc) is 2.87. The third-order valence-corrected chi connectivity index (χ3v) is 3.63. The summed E-state index contributed by atoms with van der Waals surface area (Å²) in [6, 6.07) is 10.5. The van der Waals surface area contributed by atoms with E-state index in [1.807, 2.05) is 48.2 Å². The van der Waals surface area contributed by atoms with E-state index in [9.17, 15) is 4.79 Å². The van der Waals surface area contributed by atoms with E-state index in [4.69, 9.17) is 0 Å². The highest BCUT2D eigenvalue weighted by Gasteiger charge is 2.27. The molecule has 1 aliphatic heterocycles. The predicted octanol–water partition coefficient (Wildman–Crippen LogP) is 3.49. The van der Waals surface area contributed by atoms with Crippen molar-refractivity contribution in [1.82, 2.24) is 4.90 Å². The Labute approximate surface area is 109 Å². The Bertz CT molecular complexity index is 436. The van der Waals surface area contributed by atoms with Crippen molar-refractivity contribution >= 4 is 12.0 Å². The molecule has 1 saturated heterocycles. The van der Waals surface area contributed by atoms with Gasteiger partial charge in [-0.1, -0.05) is 37.3 Å². The van der Waals surface area contributed by atoms with Gasteiger partial charge >= 0.3 is 0 Å². The highest BCUT2D eigenvalue weighted by Crippen LogP contribution is 2.22. The highest BCUT2D eigenvalue weighted by atomic mass is 16.2. The van der Waals surface area contributed by atoms with Gasteiger partial charge in [0.05, 0.1) is 0 Å². The van der Waals surface area contributed by atoms with E-state index in [0.717, 1.165) is 36.9 Å². The first-order valence-corrected chi connectivity index (χ1v) is 6.76. The normalized spacial score (nSPS) is 20.2. The molecule has 0 spiro atoms. The van der Waals surface area contributed by atoms with Crippen molar-refractivity contribution in [3.05, 3.63) is 41.5 Å². The van der Waals surface area contributed by atoms with Crippen LogP contribution in [0.4, 0.5) is 0 Å². The summed E-state index contributed by atoms with van der Waals surface area (Å²) in [7, 11) is 0. The quantitative estimate of drug-likeness (QED) is 0.744. The predicted molar refractivity (Wildman–Crippen MR) is 75.1 cm³/mol. The van der Waals surface area contributed by atoms with Crippen LogP contribution >= 0.6 is 0 Å². The Hall–Kier alpha value is -1.57. The minimum Gasteiger partial charge on any atom is -0.336 e. The van der Waals surface area contributed by atoms with Gasteiger partial charge in [0.2, 0.25) is 5.91 Å². The number of nitrogens with zero attached hydrogens (tertiary/aromatic N) is 1. The molecule has 1 aromatic carbocycles. The maximum Gasteiger partial charge on any atom is 0.249 e. The molecule has 1 aromatic rings. The zero-order chi connectivity index (χ0) is 13.0. The van der Waals surface area contributed by atoms with Crippen LogP contribution in [0.1, 0.15) is 38.7 Å². The molecule has 18 heavy (non-hydrogen) atoms. The molecule has 0 aromatic heterocycles. The van der Waals surface area contributed by atoms with Crippen LogP contribution < -0.4 is 0 Å². The highest BCUT2D eigenvalue weighted by molar-refractivity contribution is 5.97. The summed E-state index contributed by atoms with van der Waals surface area (Å²) in [5.41, 5.74) is 1.93. The van der Waals surface area contributed by atoms with Gasteiger partial charge in [0.1, 0.15) is 0 Å². The Morgan fingerprint density at radius 3 is 2.78 bits per heavy atom. The summed E-state index contributed by atoms with van der Waals surface area (Å²) in [5.74, 6) is 0.197. The fourth-order valence-corrected chi connectivity index (χ4v) is 2.62. The van der Waals surface area contributed by atoms with E-state index in [2.05, 4.69) is 6.92 Å². The number of carbonyl (C=O) groups is 1. The summed E-state index contributed by atoms with van der Waals surface area (Å²) >= 11 is 0. The average molecular weight is 243 g/mol. The molecule has 2 rings (SSSR count). The van der Waals surface area contributed by atoms with Crippen LogP contribution in [0.5, 0.6) is 0 Å². The molecule has 2 nitrogen and oxygen atoms in total. The third kappa shape index (κ3) is 2.81. The molecule has 0 saturated carbocycles. The second-order valence-corrected chi connectivity index (χ2v) is 4.94. The van der Waals surface area contributed by atoms with Crippen LogP contribution in [0.2, 0.25) is 0 Å². The van der Waals surface area contributed by atoms with E-state index in [1.54, 1.807) is 0 Å². The molecule has 0 radical (unpaired) electrons. The van der Waals surface area contributed by atoms with Gasteiger partial charge in [-0.2, -0.15) is 0 Å². The van der Waals surface area contributed by atoms with Gasteiger partial charge in [0.25, 0.3) is 0 Å². The molecule has 1 fully saturated rings. The fraction of sp³-hybridized carbons (Fsp3) is 0.438. The number of hydrogen-bond donors (Lipinski definition) is 0. The molecule has 0 aliphatic carbocycles. The lowest BCUT2D eigenvalue weighted by atomic mass is 10.1. The Kier molecular flexibility index (Phi) is 4.19. The van der Waals surface area contributed by atoms with Crippen molar-refractivity contribution in [2.75, 3.05) is 6.54 Å². The first-order valence-electron chi connectivity index (χ1n) is 6.76. The lowest BCUT2D eigenvalue weighted by Gasteiger charge is -2.24. The van der Waals surface area contributed by atoms with Crippen molar-refractivity contribution in [3.63, 3.8) is 0 Å². The maximum absolute atomic E-state index is 12.4. The van der Waals surface area contributed by atoms with Gasteiger partial charge in [-0.15, -0.1) is 0 Å². The van der Waals surface area contributed by atoms with E-state index in [1.165, 1.54) is 0 Å². The summed E-state index contributed by atoms with van der Waals surface area (Å²) < 4.78 is 0. The smallest absolute Gasteiger partial charge is 0.249 e. The van der Waals surface area contributed by atoms with E-state index in [-0.39, 0.29) is 5.91 Å². The first kappa shape index (κ1) is 12.9. The van der Waals surface area contributed by atoms with Gasteiger partial charge in [-0.05, 0) is 37.8 Å². The topological polar surface area (TPSA) is 20.3 Å². The summed E-state index contributed by atoms with van der Waals surface area (Å²) in [6.45, 7) is 4.99. The fourth-order valence-electron chi connectivity index (χ4n) is 2.62. The number of hydrogen-bond acceptors (Lipinski definition) is 1. The number of carbonyl (C=O) groups excluding carboxylic acids is 1. The zero-order valence-corrected chi connectivity index (χ0v) is 11.2. The molecule has 1 heterocycles. The second-order valence-electron chi connectivity index (χ2n) is 4.94. The zero-order valence-electron chi connectivity index (χ0n) is 11.2.